The smallest absolute Gasteiger partial charge is 0.314 e. The fourth-order valence-corrected chi connectivity index (χ4v) is 3.21. The lowest BCUT2D eigenvalue weighted by atomic mass is 9.98. The van der Waals surface area contributed by atoms with Crippen molar-refractivity contribution >= 4 is 5.97 Å². The first-order chi connectivity index (χ1) is 11.2. The SMILES string of the molecule is CCOC(=O)[C@H]1CCC[NH+](CCCCOc2cccc(C)c2)C1. The normalized spacial score (nSPS) is 21.0. The molecule has 1 unspecified atom stereocenters. The Balaban J connectivity index is 1.61. The lowest BCUT2D eigenvalue weighted by Crippen LogP contribution is -3.13. The molecule has 0 bridgehead atoms. The molecule has 0 amide bonds. The fraction of sp³-hybridized carbons (Fsp3) is 0.632. The van der Waals surface area contributed by atoms with Crippen LogP contribution in [0.15, 0.2) is 24.3 Å². The van der Waals surface area contributed by atoms with Crippen molar-refractivity contribution in [3.8, 4) is 5.75 Å². The highest BCUT2D eigenvalue weighted by Crippen LogP contribution is 2.13. The van der Waals surface area contributed by atoms with E-state index >= 15 is 0 Å². The second-order valence-electron chi connectivity index (χ2n) is 6.42. The van der Waals surface area contributed by atoms with E-state index in [0.717, 1.165) is 51.1 Å². The minimum atomic E-state index is -0.00696. The van der Waals surface area contributed by atoms with Crippen LogP contribution in [0.4, 0.5) is 0 Å². The molecule has 1 aliphatic heterocycles. The minimum Gasteiger partial charge on any atom is -0.494 e. The number of likely N-dealkylation sites (tertiary alicyclic amines) is 1. The molecule has 0 spiro atoms. The number of piperidine rings is 1. The number of aryl methyl sites for hydroxylation is 1. The van der Waals surface area contributed by atoms with E-state index in [1.54, 1.807) is 0 Å². The van der Waals surface area contributed by atoms with Gasteiger partial charge in [0.05, 0.1) is 32.8 Å². The highest BCUT2D eigenvalue weighted by Gasteiger charge is 2.29. The van der Waals surface area contributed by atoms with Crippen molar-refractivity contribution in [2.75, 3.05) is 32.8 Å². The van der Waals surface area contributed by atoms with Gasteiger partial charge < -0.3 is 14.4 Å². The van der Waals surface area contributed by atoms with Gasteiger partial charge in [0, 0.05) is 0 Å². The van der Waals surface area contributed by atoms with Crippen molar-refractivity contribution in [3.05, 3.63) is 29.8 Å². The largest absolute Gasteiger partial charge is 0.494 e. The van der Waals surface area contributed by atoms with Gasteiger partial charge in [-0.1, -0.05) is 12.1 Å². The van der Waals surface area contributed by atoms with Crippen LogP contribution in [-0.2, 0) is 9.53 Å². The minimum absolute atomic E-state index is 0.00696. The third-order valence-corrected chi connectivity index (χ3v) is 4.42. The van der Waals surface area contributed by atoms with E-state index in [4.69, 9.17) is 9.47 Å². The van der Waals surface area contributed by atoms with Gasteiger partial charge in [0.15, 0.2) is 0 Å². The van der Waals surface area contributed by atoms with E-state index in [1.807, 2.05) is 19.1 Å². The number of nitrogens with one attached hydrogen (secondary N) is 1. The molecule has 4 heteroatoms. The van der Waals surface area contributed by atoms with Crippen LogP contribution >= 0.6 is 0 Å². The molecule has 4 nitrogen and oxygen atoms in total. The second-order valence-corrected chi connectivity index (χ2v) is 6.42. The number of carbonyl (C=O) groups is 1. The van der Waals surface area contributed by atoms with Gasteiger partial charge >= 0.3 is 5.97 Å². The van der Waals surface area contributed by atoms with Crippen LogP contribution in [0.3, 0.4) is 0 Å². The highest BCUT2D eigenvalue weighted by molar-refractivity contribution is 5.72. The molecule has 1 heterocycles. The number of benzene rings is 1. The molecule has 2 rings (SSSR count). The summed E-state index contributed by atoms with van der Waals surface area (Å²) in [7, 11) is 0. The summed E-state index contributed by atoms with van der Waals surface area (Å²) >= 11 is 0. The van der Waals surface area contributed by atoms with Gasteiger partial charge in [0.25, 0.3) is 0 Å². The summed E-state index contributed by atoms with van der Waals surface area (Å²) in [4.78, 5) is 13.4. The van der Waals surface area contributed by atoms with Crippen LogP contribution in [0.5, 0.6) is 5.75 Å². The standard InChI is InChI=1S/C19H29NO3/c1-3-22-19(21)17-9-7-12-20(15-17)11-4-5-13-23-18-10-6-8-16(2)14-18/h6,8,10,14,17H,3-5,7,9,11-13,15H2,1-2H3/p+1/t17-/m0/s1. The Morgan fingerprint density at radius 3 is 3.00 bits per heavy atom. The summed E-state index contributed by atoms with van der Waals surface area (Å²) in [6.07, 6.45) is 4.30. The fourth-order valence-electron chi connectivity index (χ4n) is 3.21. The Labute approximate surface area is 139 Å². The first-order valence-corrected chi connectivity index (χ1v) is 8.88. The van der Waals surface area contributed by atoms with Gasteiger partial charge in [-0.05, 0) is 57.2 Å². The summed E-state index contributed by atoms with van der Waals surface area (Å²) in [6, 6.07) is 8.18. The van der Waals surface area contributed by atoms with E-state index in [9.17, 15) is 4.79 Å². The highest BCUT2D eigenvalue weighted by atomic mass is 16.5. The number of esters is 1. The number of hydrogen-bond donors (Lipinski definition) is 1. The third-order valence-electron chi connectivity index (χ3n) is 4.42. The van der Waals surface area contributed by atoms with Crippen LogP contribution in [0.1, 0.15) is 38.2 Å². The maximum Gasteiger partial charge on any atom is 0.314 e. The zero-order valence-electron chi connectivity index (χ0n) is 14.5. The molecule has 1 N–H and O–H groups in total. The number of quaternary nitrogens is 1. The maximum atomic E-state index is 11.8. The van der Waals surface area contributed by atoms with E-state index in [0.29, 0.717) is 6.61 Å². The van der Waals surface area contributed by atoms with Gasteiger partial charge in [0.2, 0.25) is 0 Å². The lowest BCUT2D eigenvalue weighted by Gasteiger charge is -2.28. The van der Waals surface area contributed by atoms with Gasteiger partial charge in [-0.3, -0.25) is 4.79 Å². The number of hydrogen-bond acceptors (Lipinski definition) is 3. The summed E-state index contributed by atoms with van der Waals surface area (Å²) in [5, 5.41) is 0. The van der Waals surface area contributed by atoms with Crippen molar-refractivity contribution in [2.45, 2.75) is 39.5 Å². The first kappa shape index (κ1) is 17.8. The predicted octanol–water partition coefficient (Wildman–Crippen LogP) is 2.01. The molecule has 0 radical (unpaired) electrons. The molecule has 128 valence electrons. The van der Waals surface area contributed by atoms with E-state index in [-0.39, 0.29) is 11.9 Å². The molecular formula is C19H30NO3+. The zero-order chi connectivity index (χ0) is 16.5. The summed E-state index contributed by atoms with van der Waals surface area (Å²) < 4.78 is 10.9. The second kappa shape index (κ2) is 9.56. The molecule has 0 aliphatic carbocycles. The van der Waals surface area contributed by atoms with E-state index in [1.165, 1.54) is 17.0 Å². The Morgan fingerprint density at radius 1 is 1.35 bits per heavy atom. The molecule has 23 heavy (non-hydrogen) atoms. The van der Waals surface area contributed by atoms with Crippen molar-refractivity contribution in [1.29, 1.82) is 0 Å². The monoisotopic (exact) mass is 320 g/mol. The van der Waals surface area contributed by atoms with Gasteiger partial charge in [0.1, 0.15) is 11.7 Å². The first-order valence-electron chi connectivity index (χ1n) is 8.88. The number of unbranched alkanes of at least 4 members (excludes halogenated alkanes) is 1. The Bertz CT molecular complexity index is 489. The Kier molecular flexibility index (Phi) is 7.40. The van der Waals surface area contributed by atoms with Gasteiger partial charge in [-0.15, -0.1) is 0 Å². The summed E-state index contributed by atoms with van der Waals surface area (Å²) in [5.41, 5.74) is 1.23. The van der Waals surface area contributed by atoms with E-state index < -0.39 is 0 Å². The zero-order valence-corrected chi connectivity index (χ0v) is 14.5. The Morgan fingerprint density at radius 2 is 2.22 bits per heavy atom. The molecule has 0 saturated carbocycles. The van der Waals surface area contributed by atoms with Crippen molar-refractivity contribution in [3.63, 3.8) is 0 Å². The number of carbonyl (C=O) groups excluding carboxylic acids is 1. The van der Waals surface area contributed by atoms with Crippen LogP contribution in [-0.4, -0.2) is 38.8 Å². The lowest BCUT2D eigenvalue weighted by molar-refractivity contribution is -0.907. The molecule has 1 aliphatic rings. The van der Waals surface area contributed by atoms with Crippen LogP contribution in [0.25, 0.3) is 0 Å². The molecule has 1 fully saturated rings. The average Bonchev–Trinajstić information content (AvgIpc) is 2.55. The molecular weight excluding hydrogens is 290 g/mol. The Hall–Kier alpha value is -1.55. The maximum absolute atomic E-state index is 11.8. The van der Waals surface area contributed by atoms with Crippen molar-refractivity contribution < 1.29 is 19.2 Å². The summed E-state index contributed by atoms with van der Waals surface area (Å²) in [5.74, 6) is 1.05. The van der Waals surface area contributed by atoms with Gasteiger partial charge in [-0.2, -0.15) is 0 Å². The van der Waals surface area contributed by atoms with Crippen molar-refractivity contribution in [1.82, 2.24) is 0 Å². The van der Waals surface area contributed by atoms with Crippen LogP contribution in [0, 0.1) is 12.8 Å². The van der Waals surface area contributed by atoms with Crippen LogP contribution in [0.2, 0.25) is 0 Å². The molecule has 1 aromatic rings. The molecule has 2 atom stereocenters. The van der Waals surface area contributed by atoms with Crippen molar-refractivity contribution in [2.24, 2.45) is 5.92 Å². The number of ether oxygens (including phenoxy) is 2. The topological polar surface area (TPSA) is 40.0 Å². The van der Waals surface area contributed by atoms with E-state index in [2.05, 4.69) is 19.1 Å². The van der Waals surface area contributed by atoms with Gasteiger partial charge in [-0.25, -0.2) is 0 Å². The third kappa shape index (κ3) is 6.22. The molecule has 0 aromatic heterocycles. The molecule has 1 saturated heterocycles. The van der Waals surface area contributed by atoms with Crippen LogP contribution < -0.4 is 9.64 Å². The number of rotatable bonds is 8. The quantitative estimate of drug-likeness (QED) is 0.588. The summed E-state index contributed by atoms with van der Waals surface area (Å²) in [6.45, 7) is 8.42. The average molecular weight is 320 g/mol. The predicted molar refractivity (Wildman–Crippen MR) is 90.8 cm³/mol. The molecule has 1 aromatic carbocycles.